The van der Waals surface area contributed by atoms with Crippen LogP contribution in [0.2, 0.25) is 5.02 Å². The number of nitrogens with two attached hydrogens (primary N) is 1. The van der Waals surface area contributed by atoms with Crippen LogP contribution in [0.25, 0.3) is 0 Å². The third-order valence-corrected chi connectivity index (χ3v) is 2.92. The highest BCUT2D eigenvalue weighted by atomic mass is 35.5. The van der Waals surface area contributed by atoms with Crippen LogP contribution < -0.4 is 11.1 Å². The first-order valence-corrected chi connectivity index (χ1v) is 5.96. The normalized spacial score (nSPS) is 10.2. The summed E-state index contributed by atoms with van der Waals surface area (Å²) in [6, 6.07) is 5.65. The van der Waals surface area contributed by atoms with E-state index in [4.69, 9.17) is 17.3 Å². The lowest BCUT2D eigenvalue weighted by Crippen LogP contribution is -2.09. The van der Waals surface area contributed by atoms with Crippen molar-refractivity contribution in [3.05, 3.63) is 46.9 Å². The Balaban J connectivity index is 2.42. The van der Waals surface area contributed by atoms with Gasteiger partial charge in [0.2, 0.25) is 0 Å². The van der Waals surface area contributed by atoms with Crippen LogP contribution in [0.4, 0.5) is 21.6 Å². The summed E-state index contributed by atoms with van der Waals surface area (Å²) in [5.41, 5.74) is 6.04. The maximum absolute atomic E-state index is 13.7. The van der Waals surface area contributed by atoms with Crippen LogP contribution >= 0.6 is 11.6 Å². The molecule has 0 bridgehead atoms. The van der Waals surface area contributed by atoms with Crippen molar-refractivity contribution in [2.75, 3.05) is 18.2 Å². The number of halogens is 2. The molecule has 1 heterocycles. The molecule has 104 valence electrons. The number of aromatic nitrogens is 1. The van der Waals surface area contributed by atoms with Crippen LogP contribution in [-0.4, -0.2) is 18.1 Å². The molecule has 3 N–H and O–H groups in total. The Morgan fingerprint density at radius 3 is 2.85 bits per heavy atom. The summed E-state index contributed by atoms with van der Waals surface area (Å²) >= 11 is 5.90. The van der Waals surface area contributed by atoms with E-state index in [0.717, 1.165) is 0 Å². The highest BCUT2D eigenvalue weighted by molar-refractivity contribution is 6.33. The summed E-state index contributed by atoms with van der Waals surface area (Å²) < 4.78 is 18.3. The van der Waals surface area contributed by atoms with Gasteiger partial charge in [-0.1, -0.05) is 17.7 Å². The van der Waals surface area contributed by atoms with Gasteiger partial charge in [-0.05, 0) is 18.2 Å². The molecular formula is C13H11ClFN3O2. The largest absolute Gasteiger partial charge is 0.465 e. The summed E-state index contributed by atoms with van der Waals surface area (Å²) in [6.07, 6.45) is 1.36. The van der Waals surface area contributed by atoms with Crippen LogP contribution in [0.5, 0.6) is 0 Å². The lowest BCUT2D eigenvalue weighted by atomic mass is 10.2. The molecule has 1 aromatic heterocycles. The monoisotopic (exact) mass is 295 g/mol. The molecule has 2 aromatic rings. The van der Waals surface area contributed by atoms with E-state index < -0.39 is 11.8 Å². The van der Waals surface area contributed by atoms with Gasteiger partial charge in [0.1, 0.15) is 5.82 Å². The fourth-order valence-electron chi connectivity index (χ4n) is 1.60. The summed E-state index contributed by atoms with van der Waals surface area (Å²) in [5, 5.41) is 2.85. The number of nitrogens with zero attached hydrogens (tertiary/aromatic N) is 1. The van der Waals surface area contributed by atoms with Gasteiger partial charge in [0.25, 0.3) is 0 Å². The molecule has 0 spiro atoms. The fraction of sp³-hybridized carbons (Fsp3) is 0.0769. The van der Waals surface area contributed by atoms with Crippen molar-refractivity contribution in [2.45, 2.75) is 0 Å². The maximum atomic E-state index is 13.7. The van der Waals surface area contributed by atoms with Crippen molar-refractivity contribution in [3.8, 4) is 0 Å². The van der Waals surface area contributed by atoms with E-state index in [0.29, 0.717) is 0 Å². The van der Waals surface area contributed by atoms with E-state index in [1.807, 2.05) is 0 Å². The Kier molecular flexibility index (Phi) is 4.05. The van der Waals surface area contributed by atoms with Gasteiger partial charge >= 0.3 is 5.97 Å². The second kappa shape index (κ2) is 5.75. The Labute approximate surface area is 119 Å². The summed E-state index contributed by atoms with van der Waals surface area (Å²) in [5.74, 6) is -1.03. The highest BCUT2D eigenvalue weighted by Gasteiger charge is 2.16. The van der Waals surface area contributed by atoms with Crippen LogP contribution in [-0.2, 0) is 4.74 Å². The van der Waals surface area contributed by atoms with E-state index in [9.17, 15) is 9.18 Å². The minimum absolute atomic E-state index is 0.0374. The molecule has 5 nitrogen and oxygen atoms in total. The van der Waals surface area contributed by atoms with Crippen molar-refractivity contribution in [3.63, 3.8) is 0 Å². The van der Waals surface area contributed by atoms with Gasteiger partial charge in [0.15, 0.2) is 5.82 Å². The van der Waals surface area contributed by atoms with Crippen molar-refractivity contribution >= 4 is 34.8 Å². The van der Waals surface area contributed by atoms with Gasteiger partial charge in [0.05, 0.1) is 29.1 Å². The van der Waals surface area contributed by atoms with E-state index in [1.54, 1.807) is 0 Å². The maximum Gasteiger partial charge on any atom is 0.340 e. The average Bonchev–Trinajstić information content (AvgIpc) is 2.44. The Bertz CT molecular complexity index is 644. The number of nitrogen functional groups attached to an aromatic ring is 1. The van der Waals surface area contributed by atoms with Crippen LogP contribution in [0.1, 0.15) is 10.4 Å². The Hall–Kier alpha value is -2.34. The van der Waals surface area contributed by atoms with Gasteiger partial charge in [-0.3, -0.25) is 0 Å². The van der Waals surface area contributed by atoms with Gasteiger partial charge in [-0.15, -0.1) is 0 Å². The second-order valence-electron chi connectivity index (χ2n) is 3.83. The molecule has 7 heteroatoms. The third-order valence-electron chi connectivity index (χ3n) is 2.60. The van der Waals surface area contributed by atoms with E-state index >= 15 is 0 Å². The number of esters is 1. The van der Waals surface area contributed by atoms with E-state index in [1.165, 1.54) is 37.6 Å². The fourth-order valence-corrected chi connectivity index (χ4v) is 1.81. The molecule has 0 amide bonds. The predicted molar refractivity (Wildman–Crippen MR) is 74.7 cm³/mol. The second-order valence-corrected chi connectivity index (χ2v) is 4.24. The molecule has 0 unspecified atom stereocenters. The van der Waals surface area contributed by atoms with Crippen LogP contribution in [0, 0.1) is 5.82 Å². The number of rotatable bonds is 3. The highest BCUT2D eigenvalue weighted by Crippen LogP contribution is 2.30. The van der Waals surface area contributed by atoms with Gasteiger partial charge in [-0.25, -0.2) is 14.2 Å². The zero-order valence-electron chi connectivity index (χ0n) is 10.5. The molecule has 1 aromatic carbocycles. The van der Waals surface area contributed by atoms with Crippen LogP contribution in [0.15, 0.2) is 30.5 Å². The number of anilines is 3. The molecule has 20 heavy (non-hydrogen) atoms. The predicted octanol–water partition coefficient (Wildman–Crippen LogP) is 2.99. The lowest BCUT2D eigenvalue weighted by Gasteiger charge is -2.12. The van der Waals surface area contributed by atoms with E-state index in [-0.39, 0.29) is 27.8 Å². The molecule has 2 rings (SSSR count). The first-order valence-electron chi connectivity index (χ1n) is 5.58. The molecule has 0 radical (unpaired) electrons. The van der Waals surface area contributed by atoms with Gasteiger partial charge in [0, 0.05) is 6.20 Å². The SMILES string of the molecule is COC(=O)c1ccnc(Nc2c(F)cccc2Cl)c1N. The number of nitrogens with one attached hydrogen (secondary N) is 1. The Morgan fingerprint density at radius 2 is 2.20 bits per heavy atom. The van der Waals surface area contributed by atoms with Crippen LogP contribution in [0.3, 0.4) is 0 Å². The zero-order valence-corrected chi connectivity index (χ0v) is 11.2. The zero-order chi connectivity index (χ0) is 14.7. The number of hydrogen-bond acceptors (Lipinski definition) is 5. The molecule has 0 aliphatic rings. The number of carbonyl (C=O) groups is 1. The molecule has 0 aliphatic carbocycles. The van der Waals surface area contributed by atoms with Crippen molar-refractivity contribution in [1.29, 1.82) is 0 Å². The Morgan fingerprint density at radius 1 is 1.45 bits per heavy atom. The first kappa shape index (κ1) is 14.1. The number of para-hydroxylation sites is 1. The first-order chi connectivity index (χ1) is 9.54. The topological polar surface area (TPSA) is 77.2 Å². The standard InChI is InChI=1S/C13H11ClFN3O2/c1-20-13(19)7-5-6-17-12(10(7)16)18-11-8(14)3-2-4-9(11)15/h2-6H,16H2,1H3,(H,17,18). The number of carbonyl (C=O) groups excluding carboxylic acids is 1. The average molecular weight is 296 g/mol. The number of benzene rings is 1. The van der Waals surface area contributed by atoms with Crippen molar-refractivity contribution in [1.82, 2.24) is 4.98 Å². The minimum atomic E-state index is -0.604. The van der Waals surface area contributed by atoms with Crippen molar-refractivity contribution < 1.29 is 13.9 Å². The quantitative estimate of drug-likeness (QED) is 0.851. The molecular weight excluding hydrogens is 285 g/mol. The summed E-state index contributed by atoms with van der Waals surface area (Å²) in [6.45, 7) is 0. The van der Waals surface area contributed by atoms with Crippen molar-refractivity contribution in [2.24, 2.45) is 0 Å². The number of hydrogen-bond donors (Lipinski definition) is 2. The minimum Gasteiger partial charge on any atom is -0.465 e. The number of methoxy groups -OCH3 is 1. The molecule has 0 saturated heterocycles. The number of ether oxygens (including phenoxy) is 1. The molecule has 0 atom stereocenters. The number of pyridine rings is 1. The third kappa shape index (κ3) is 2.65. The summed E-state index contributed by atoms with van der Waals surface area (Å²) in [7, 11) is 1.24. The molecule has 0 fully saturated rings. The molecule has 0 aliphatic heterocycles. The van der Waals surface area contributed by atoms with Gasteiger partial charge in [-0.2, -0.15) is 0 Å². The smallest absolute Gasteiger partial charge is 0.340 e. The van der Waals surface area contributed by atoms with Gasteiger partial charge < -0.3 is 15.8 Å². The lowest BCUT2D eigenvalue weighted by molar-refractivity contribution is 0.0602. The molecule has 0 saturated carbocycles. The summed E-state index contributed by atoms with van der Waals surface area (Å²) in [4.78, 5) is 15.5. The van der Waals surface area contributed by atoms with E-state index in [2.05, 4.69) is 15.0 Å².